The number of amides is 17. The molecule has 120 heavy (non-hydrogen) atoms. The second-order valence-electron chi connectivity index (χ2n) is 30.6. The van der Waals surface area contributed by atoms with Crippen molar-refractivity contribution in [2.24, 2.45) is 17.4 Å². The van der Waals surface area contributed by atoms with Gasteiger partial charge in [0, 0.05) is 80.4 Å². The summed E-state index contributed by atoms with van der Waals surface area (Å²) in [5.74, 6) is -11.1. The maximum absolute atomic E-state index is 15.5. The highest BCUT2D eigenvalue weighted by Crippen LogP contribution is 2.24. The van der Waals surface area contributed by atoms with E-state index in [0.29, 0.717) is 53.2 Å². The molecule has 2 aliphatic rings. The summed E-state index contributed by atoms with van der Waals surface area (Å²) in [7, 11) is 0. The Morgan fingerprint density at radius 3 is 1.62 bits per heavy atom. The Hall–Kier alpha value is -12.5. The molecule has 6 aromatic rings. The molecule has 17 amide bonds. The van der Waals surface area contributed by atoms with Crippen molar-refractivity contribution in [3.05, 3.63) is 173 Å². The number of anilines is 2. The molecule has 0 spiro atoms. The van der Waals surface area contributed by atoms with Crippen LogP contribution in [0.25, 0.3) is 10.8 Å². The lowest BCUT2D eigenvalue weighted by atomic mass is 9.99. The summed E-state index contributed by atoms with van der Waals surface area (Å²) in [6.07, 6.45) is 1.94. The third-order valence-corrected chi connectivity index (χ3v) is 20.3. The Labute approximate surface area is 699 Å². The molecule has 0 aliphatic carbocycles. The smallest absolute Gasteiger partial charge is 0.322 e. The van der Waals surface area contributed by atoms with Crippen LogP contribution in [0.5, 0.6) is 0 Å². The van der Waals surface area contributed by atoms with E-state index in [-0.39, 0.29) is 86.9 Å². The van der Waals surface area contributed by atoms with Gasteiger partial charge in [-0.2, -0.15) is 0 Å². The lowest BCUT2D eigenvalue weighted by Gasteiger charge is -2.31. The Bertz CT molecular complexity index is 4600. The summed E-state index contributed by atoms with van der Waals surface area (Å²) in [6.45, 7) is 11.3. The van der Waals surface area contributed by atoms with Gasteiger partial charge in [0.05, 0.1) is 18.7 Å². The van der Waals surface area contributed by atoms with Crippen LogP contribution in [0.4, 0.5) is 21.0 Å². The van der Waals surface area contributed by atoms with E-state index in [1.54, 1.807) is 69.4 Å². The van der Waals surface area contributed by atoms with Crippen LogP contribution >= 0.6 is 11.6 Å². The van der Waals surface area contributed by atoms with Gasteiger partial charge in [0.2, 0.25) is 76.8 Å². The summed E-state index contributed by atoms with van der Waals surface area (Å²) in [4.78, 5) is 214. The maximum atomic E-state index is 15.5. The van der Waals surface area contributed by atoms with Gasteiger partial charge >= 0.3 is 12.1 Å². The summed E-state index contributed by atoms with van der Waals surface area (Å²) in [5.41, 5.74) is 13.7. The number of aliphatic hydroxyl groups is 1. The average Bonchev–Trinajstić information content (AvgIpc) is 1.56. The highest BCUT2D eigenvalue weighted by Gasteiger charge is 2.41. The standard InChI is InChI=1S/C84H108ClN19O16/c1-46(2)37-62(74(110)95-61(18-11-13-34-88-47(3)4)82(118)104-36-14-19-69(104)80(116)91-49(6)72(86)108)96-76(112)64(40-53-25-32-59(33-26-53)94-83(87)119)97-77(113)65(41-52-23-30-58(31-24-52)93-73(109)67-43-70(107)102-84(120)101-67)99-79(115)68(45-105)100-81(117)71(48(5)90-44-60-17-10-12-35-89-60)103-78(114)66(39-51-21-28-57(85)29-22-51)98-75(111)63(92-50(7)106)42-54-20-27-55-15-8-9-16-56(55)38-54/h8-10,12,15-17,20-33,35,38,46-49,61-69,71,88,90,105H,11,13-14,18-19,34,36-37,39-45H2,1-7H3,(H2,86,108)(H,91,116)(H,92,106)(H,93,109)(H,95,110)(H,96,112)(H,97,113)(H,98,111)(H,99,115)(H,100,117)(H,103,114)(H3,87,94,119)(H2,101,102,107,120)/t48?,49-,61+,62+,63-,64-,65+,66-,67+,68+,69+,71-/m1/s1. The highest BCUT2D eigenvalue weighted by molar-refractivity contribution is 6.30. The third kappa shape index (κ3) is 29.3. The molecule has 8 rings (SSSR count). The number of unbranched alkanes of at least 4 members (excludes halogenated alkanes) is 1. The molecule has 12 atom stereocenters. The predicted octanol–water partition coefficient (Wildman–Crippen LogP) is 1.45. The minimum Gasteiger partial charge on any atom is -0.394 e. The SMILES string of the molecule is CC(=O)N[C@H](Cc1ccc2ccccc2c1)C(=O)N[C@H](Cc1ccc(Cl)cc1)C(=O)N[C@@H](C(=O)N[C@@H](CO)C(=O)N[C@@H](Cc1ccc(NC(=O)[C@@H]2CC(=O)NC(=O)N2)cc1)C(=O)N[C@H](Cc1ccc(NC(N)=O)cc1)C(=O)N[C@@H](CC(C)C)C(=O)N[C@@H](CCCCNC(C)C)C(=O)N1CCC[C@H]1C(=O)N[C@H](C)C(N)=O)C(C)NCc1ccccn1. The lowest BCUT2D eigenvalue weighted by Crippen LogP contribution is -2.64. The molecular formula is C84H108ClN19O16. The predicted molar refractivity (Wildman–Crippen MR) is 447 cm³/mol. The van der Waals surface area contributed by atoms with Gasteiger partial charge in [0.15, 0.2) is 0 Å². The second-order valence-corrected chi connectivity index (χ2v) is 31.0. The molecule has 2 aliphatic heterocycles. The van der Waals surface area contributed by atoms with E-state index in [4.69, 9.17) is 23.1 Å². The van der Waals surface area contributed by atoms with E-state index in [0.717, 1.165) is 10.8 Å². The Morgan fingerprint density at radius 1 is 0.550 bits per heavy atom. The number of imide groups is 1. The summed E-state index contributed by atoms with van der Waals surface area (Å²) < 4.78 is 0. The fourth-order valence-electron chi connectivity index (χ4n) is 13.7. The van der Waals surface area contributed by atoms with Crippen LogP contribution in [-0.2, 0) is 94.6 Å². The van der Waals surface area contributed by atoms with Gasteiger partial charge in [-0.15, -0.1) is 0 Å². The molecule has 3 heterocycles. The number of aromatic nitrogens is 1. The molecule has 5 aromatic carbocycles. The summed E-state index contributed by atoms with van der Waals surface area (Å²) >= 11 is 6.29. The number of pyridine rings is 1. The van der Waals surface area contributed by atoms with Crippen LogP contribution in [0, 0.1) is 5.92 Å². The van der Waals surface area contributed by atoms with Crippen LogP contribution < -0.4 is 91.2 Å². The van der Waals surface area contributed by atoms with E-state index < -0.39 is 174 Å². The highest BCUT2D eigenvalue weighted by atomic mass is 35.5. The number of aliphatic hydroxyl groups excluding tert-OH is 1. The van der Waals surface area contributed by atoms with Crippen molar-refractivity contribution in [3.63, 3.8) is 0 Å². The van der Waals surface area contributed by atoms with E-state index in [1.165, 1.54) is 67.3 Å². The van der Waals surface area contributed by atoms with Crippen molar-refractivity contribution in [2.45, 2.75) is 204 Å². The van der Waals surface area contributed by atoms with Crippen LogP contribution in [0.3, 0.4) is 0 Å². The minimum absolute atomic E-state index is 0.00238. The van der Waals surface area contributed by atoms with Crippen molar-refractivity contribution >= 4 is 123 Å². The first-order valence-electron chi connectivity index (χ1n) is 39.8. The van der Waals surface area contributed by atoms with Crippen molar-refractivity contribution in [1.29, 1.82) is 0 Å². The number of likely N-dealkylation sites (tertiary alicyclic amines) is 1. The first-order chi connectivity index (χ1) is 57.2. The molecule has 2 fully saturated rings. The van der Waals surface area contributed by atoms with Crippen LogP contribution in [0.2, 0.25) is 5.02 Å². The molecule has 36 heteroatoms. The zero-order valence-corrected chi connectivity index (χ0v) is 68.7. The number of carbonyl (C=O) groups is 15. The van der Waals surface area contributed by atoms with Crippen molar-refractivity contribution in [3.8, 4) is 0 Å². The van der Waals surface area contributed by atoms with Gasteiger partial charge in [-0.3, -0.25) is 72.6 Å². The monoisotopic (exact) mass is 1670 g/mol. The van der Waals surface area contributed by atoms with Gasteiger partial charge in [0.1, 0.15) is 66.5 Å². The summed E-state index contributed by atoms with van der Waals surface area (Å²) in [6, 6.07) is 18.1. The first kappa shape index (κ1) is 93.0. The quantitative estimate of drug-likeness (QED) is 0.0241. The van der Waals surface area contributed by atoms with Gasteiger partial charge in [0.25, 0.3) is 0 Å². The Balaban J connectivity index is 1.11. The Morgan fingerprint density at radius 2 is 1.07 bits per heavy atom. The minimum atomic E-state index is -1.94. The molecule has 2 saturated heterocycles. The number of hydrogen-bond acceptors (Lipinski definition) is 19. The van der Waals surface area contributed by atoms with Gasteiger partial charge in [-0.25, -0.2) is 9.59 Å². The van der Waals surface area contributed by atoms with Crippen LogP contribution in [0.15, 0.2) is 140 Å². The topological polar surface area (TPSA) is 525 Å². The molecule has 1 unspecified atom stereocenters. The number of nitrogens with two attached hydrogens (primary N) is 2. The molecule has 20 N–H and O–H groups in total. The van der Waals surface area contributed by atoms with Crippen LogP contribution in [0.1, 0.15) is 121 Å². The first-order valence-corrected chi connectivity index (χ1v) is 40.2. The fourth-order valence-corrected chi connectivity index (χ4v) is 13.8. The molecule has 35 nitrogen and oxygen atoms in total. The van der Waals surface area contributed by atoms with Gasteiger partial charge < -0.3 is 95.9 Å². The molecule has 0 saturated carbocycles. The molecule has 642 valence electrons. The fraction of sp³-hybridized carbons (Fsp3) is 0.429. The number of fused-ring (bicyclic) bond motifs is 1. The van der Waals surface area contributed by atoms with Gasteiger partial charge in [-0.1, -0.05) is 124 Å². The van der Waals surface area contributed by atoms with Gasteiger partial charge in [-0.05, 0) is 146 Å². The number of urea groups is 2. The number of primary amides is 2. The maximum Gasteiger partial charge on any atom is 0.322 e. The number of halogens is 1. The zero-order chi connectivity index (χ0) is 87.3. The number of nitrogens with zero attached hydrogens (tertiary/aromatic N) is 2. The number of nitrogens with one attached hydrogen (secondary N) is 15. The van der Waals surface area contributed by atoms with Crippen LogP contribution in [-0.4, -0.2) is 202 Å². The lowest BCUT2D eigenvalue weighted by molar-refractivity contribution is -0.142. The number of carbonyl (C=O) groups excluding carboxylic acids is 15. The van der Waals surface area contributed by atoms with E-state index >= 15 is 24.0 Å². The molecule has 0 bridgehead atoms. The molecular weight excluding hydrogens is 1570 g/mol. The molecule has 0 radical (unpaired) electrons. The second kappa shape index (κ2) is 45.5. The van der Waals surface area contributed by atoms with E-state index in [2.05, 4.69) is 84.7 Å². The number of hydrogen-bond donors (Lipinski definition) is 18. The zero-order valence-electron chi connectivity index (χ0n) is 68.0. The third-order valence-electron chi connectivity index (χ3n) is 20.1. The largest absolute Gasteiger partial charge is 0.394 e. The average molecular weight is 1680 g/mol. The van der Waals surface area contributed by atoms with E-state index in [1.807, 2.05) is 56.3 Å². The summed E-state index contributed by atoms with van der Waals surface area (Å²) in [5, 5.41) is 53.8. The number of benzene rings is 5. The van der Waals surface area contributed by atoms with E-state index in [9.17, 15) is 53.1 Å². The Kier molecular flexibility index (Phi) is 35.3. The van der Waals surface area contributed by atoms with Crippen molar-refractivity contribution in [1.82, 2.24) is 79.0 Å². The molecule has 1 aromatic heterocycles. The normalized spacial score (nSPS) is 16.3. The van der Waals surface area contributed by atoms with Crippen molar-refractivity contribution < 1.29 is 77.0 Å². The number of rotatable bonds is 43. The van der Waals surface area contributed by atoms with Crippen molar-refractivity contribution in [2.75, 3.05) is 30.3 Å².